The van der Waals surface area contributed by atoms with Crippen molar-refractivity contribution in [1.82, 2.24) is 4.98 Å². The van der Waals surface area contributed by atoms with Gasteiger partial charge in [-0.3, -0.25) is 10.1 Å². The molecular formula is C22H25BrN2O2S. The first-order valence-corrected chi connectivity index (χ1v) is 11.1. The number of anilines is 1. The molecule has 0 spiro atoms. The van der Waals surface area contributed by atoms with Gasteiger partial charge in [0.05, 0.1) is 14.7 Å². The van der Waals surface area contributed by atoms with Crippen molar-refractivity contribution in [3.05, 3.63) is 52.0 Å². The zero-order chi connectivity index (χ0) is 20.3. The van der Waals surface area contributed by atoms with E-state index in [-0.39, 0.29) is 12.5 Å². The number of fused-ring (bicyclic) bond motifs is 1. The molecule has 0 bridgehead atoms. The van der Waals surface area contributed by atoms with Crippen LogP contribution in [0.2, 0.25) is 0 Å². The molecule has 0 aliphatic rings. The third kappa shape index (κ3) is 4.92. The summed E-state index contributed by atoms with van der Waals surface area (Å²) in [6, 6.07) is 12.2. The summed E-state index contributed by atoms with van der Waals surface area (Å²) in [7, 11) is 0. The second-order valence-corrected chi connectivity index (χ2v) is 9.12. The predicted molar refractivity (Wildman–Crippen MR) is 121 cm³/mol. The van der Waals surface area contributed by atoms with Crippen LogP contribution >= 0.6 is 27.3 Å². The van der Waals surface area contributed by atoms with Crippen LogP contribution in [0.3, 0.4) is 0 Å². The van der Waals surface area contributed by atoms with Crippen LogP contribution in [0.1, 0.15) is 57.1 Å². The molecular weight excluding hydrogens is 436 g/mol. The summed E-state index contributed by atoms with van der Waals surface area (Å²) >= 11 is 5.00. The molecule has 1 N–H and O–H groups in total. The summed E-state index contributed by atoms with van der Waals surface area (Å²) in [6.45, 7) is 8.61. The van der Waals surface area contributed by atoms with Crippen LogP contribution in [-0.4, -0.2) is 17.5 Å². The Hall–Kier alpha value is -1.92. The van der Waals surface area contributed by atoms with Gasteiger partial charge in [-0.05, 0) is 69.6 Å². The Bertz CT molecular complexity index is 984. The van der Waals surface area contributed by atoms with Crippen molar-refractivity contribution < 1.29 is 9.53 Å². The van der Waals surface area contributed by atoms with Crippen LogP contribution in [0.4, 0.5) is 5.13 Å². The fourth-order valence-electron chi connectivity index (χ4n) is 2.83. The first-order valence-electron chi connectivity index (χ1n) is 9.50. The van der Waals surface area contributed by atoms with Crippen molar-refractivity contribution in [2.45, 2.75) is 46.0 Å². The van der Waals surface area contributed by atoms with Crippen molar-refractivity contribution >= 4 is 48.5 Å². The van der Waals surface area contributed by atoms with E-state index in [4.69, 9.17) is 4.74 Å². The van der Waals surface area contributed by atoms with Crippen molar-refractivity contribution in [2.24, 2.45) is 0 Å². The van der Waals surface area contributed by atoms with Crippen LogP contribution in [0, 0.1) is 0 Å². The number of carbonyl (C=O) groups excluding carboxylic acids is 1. The fraction of sp³-hybridized carbons (Fsp3) is 0.364. The Morgan fingerprint density at radius 1 is 1.18 bits per heavy atom. The van der Waals surface area contributed by atoms with Gasteiger partial charge in [0.2, 0.25) is 0 Å². The molecule has 1 unspecified atom stereocenters. The molecule has 148 valence electrons. The van der Waals surface area contributed by atoms with Crippen LogP contribution in [0.15, 0.2) is 40.9 Å². The molecule has 1 amide bonds. The quantitative estimate of drug-likeness (QED) is 0.425. The number of aromatic nitrogens is 1. The van der Waals surface area contributed by atoms with Gasteiger partial charge in [0.1, 0.15) is 5.75 Å². The Balaban J connectivity index is 1.63. The lowest BCUT2D eigenvalue weighted by Gasteiger charge is -2.11. The van der Waals surface area contributed by atoms with Crippen molar-refractivity contribution in [2.75, 3.05) is 11.9 Å². The SMILES string of the molecule is CCC(C)c1ccc2nc(NC(=O)COc3ccc(C(C)C)cc3Br)sc2c1. The maximum Gasteiger partial charge on any atom is 0.264 e. The average molecular weight is 461 g/mol. The summed E-state index contributed by atoms with van der Waals surface area (Å²) in [5.74, 6) is 1.38. The molecule has 3 rings (SSSR count). The number of halogens is 1. The average Bonchev–Trinajstić information content (AvgIpc) is 3.07. The van der Waals surface area contributed by atoms with E-state index in [1.807, 2.05) is 24.3 Å². The highest BCUT2D eigenvalue weighted by Crippen LogP contribution is 2.31. The van der Waals surface area contributed by atoms with Gasteiger partial charge in [-0.25, -0.2) is 4.98 Å². The Morgan fingerprint density at radius 3 is 2.61 bits per heavy atom. The molecule has 0 saturated carbocycles. The molecule has 28 heavy (non-hydrogen) atoms. The first kappa shape index (κ1) is 20.8. The summed E-state index contributed by atoms with van der Waals surface area (Å²) in [4.78, 5) is 16.8. The number of ether oxygens (including phenoxy) is 1. The molecule has 0 radical (unpaired) electrons. The zero-order valence-corrected chi connectivity index (χ0v) is 19.0. The van der Waals surface area contributed by atoms with E-state index in [0.29, 0.717) is 22.7 Å². The Kier molecular flexibility index (Phi) is 6.73. The third-order valence-corrected chi connectivity index (χ3v) is 6.37. The van der Waals surface area contributed by atoms with Gasteiger partial charge in [-0.2, -0.15) is 0 Å². The lowest BCUT2D eigenvalue weighted by Crippen LogP contribution is -2.20. The third-order valence-electron chi connectivity index (χ3n) is 4.82. The van der Waals surface area contributed by atoms with Gasteiger partial charge >= 0.3 is 0 Å². The summed E-state index contributed by atoms with van der Waals surface area (Å²) < 4.78 is 7.60. The van der Waals surface area contributed by atoms with Gasteiger partial charge in [-0.15, -0.1) is 0 Å². The van der Waals surface area contributed by atoms with Crippen molar-refractivity contribution in [1.29, 1.82) is 0 Å². The van der Waals surface area contributed by atoms with Gasteiger partial charge in [0, 0.05) is 0 Å². The summed E-state index contributed by atoms with van der Waals surface area (Å²) in [5.41, 5.74) is 3.42. The fourth-order valence-corrected chi connectivity index (χ4v) is 4.27. The number of hydrogen-bond donors (Lipinski definition) is 1. The lowest BCUT2D eigenvalue weighted by molar-refractivity contribution is -0.118. The van der Waals surface area contributed by atoms with E-state index in [2.05, 4.69) is 66.1 Å². The van der Waals surface area contributed by atoms with Crippen LogP contribution in [0.25, 0.3) is 10.2 Å². The van der Waals surface area contributed by atoms with Crippen LogP contribution in [-0.2, 0) is 4.79 Å². The van der Waals surface area contributed by atoms with Gasteiger partial charge in [0.15, 0.2) is 11.7 Å². The molecule has 1 heterocycles. The molecule has 2 aromatic carbocycles. The maximum absolute atomic E-state index is 12.3. The number of rotatable bonds is 7. The first-order chi connectivity index (χ1) is 13.4. The number of nitrogens with zero attached hydrogens (tertiary/aromatic N) is 1. The molecule has 4 nitrogen and oxygen atoms in total. The number of amides is 1. The zero-order valence-electron chi connectivity index (χ0n) is 16.6. The van der Waals surface area contributed by atoms with E-state index in [1.165, 1.54) is 22.5 Å². The topological polar surface area (TPSA) is 51.2 Å². The minimum absolute atomic E-state index is 0.0618. The molecule has 0 saturated heterocycles. The van der Waals surface area contributed by atoms with E-state index in [9.17, 15) is 4.79 Å². The largest absolute Gasteiger partial charge is 0.483 e. The second-order valence-electron chi connectivity index (χ2n) is 7.24. The number of benzene rings is 2. The highest BCUT2D eigenvalue weighted by Gasteiger charge is 2.12. The molecule has 0 aliphatic carbocycles. The highest BCUT2D eigenvalue weighted by atomic mass is 79.9. The normalized spacial score (nSPS) is 12.4. The molecule has 3 aromatic rings. The minimum atomic E-state index is -0.221. The predicted octanol–water partition coefficient (Wildman–Crippen LogP) is 6.71. The monoisotopic (exact) mass is 460 g/mol. The number of thiazole rings is 1. The molecule has 1 atom stereocenters. The molecule has 0 fully saturated rings. The maximum atomic E-state index is 12.3. The smallest absolute Gasteiger partial charge is 0.264 e. The van der Waals surface area contributed by atoms with Gasteiger partial charge in [-0.1, -0.05) is 51.2 Å². The minimum Gasteiger partial charge on any atom is -0.483 e. The molecule has 6 heteroatoms. The number of hydrogen-bond acceptors (Lipinski definition) is 4. The standard InChI is InChI=1S/C22H25BrN2O2S/c1-5-14(4)16-6-8-18-20(11-16)28-22(24-18)25-21(26)12-27-19-9-7-15(13(2)3)10-17(19)23/h6-11,13-14H,5,12H2,1-4H3,(H,24,25,26). The molecule has 1 aromatic heterocycles. The summed E-state index contributed by atoms with van der Waals surface area (Å²) in [6.07, 6.45) is 1.10. The van der Waals surface area contributed by atoms with Gasteiger partial charge in [0.25, 0.3) is 5.91 Å². The van der Waals surface area contributed by atoms with E-state index >= 15 is 0 Å². The summed E-state index contributed by atoms with van der Waals surface area (Å²) in [5, 5.41) is 3.44. The number of nitrogens with one attached hydrogen (secondary N) is 1. The van der Waals surface area contributed by atoms with E-state index in [1.54, 1.807) is 0 Å². The second kappa shape index (κ2) is 9.05. The van der Waals surface area contributed by atoms with Crippen molar-refractivity contribution in [3.63, 3.8) is 0 Å². The van der Waals surface area contributed by atoms with Crippen LogP contribution in [0.5, 0.6) is 5.75 Å². The van der Waals surface area contributed by atoms with Crippen molar-refractivity contribution in [3.8, 4) is 5.75 Å². The van der Waals surface area contributed by atoms with Crippen LogP contribution < -0.4 is 10.1 Å². The number of carbonyl (C=O) groups is 1. The lowest BCUT2D eigenvalue weighted by atomic mass is 9.99. The van der Waals surface area contributed by atoms with E-state index < -0.39 is 0 Å². The Morgan fingerprint density at radius 2 is 1.93 bits per heavy atom. The van der Waals surface area contributed by atoms with Gasteiger partial charge < -0.3 is 4.74 Å². The van der Waals surface area contributed by atoms with E-state index in [0.717, 1.165) is 21.1 Å². The molecule has 0 aliphatic heterocycles. The highest BCUT2D eigenvalue weighted by molar-refractivity contribution is 9.10. The Labute approximate surface area is 178 Å².